The zero-order valence-electron chi connectivity index (χ0n) is 5.22. The van der Waals surface area contributed by atoms with Gasteiger partial charge in [-0.25, -0.2) is 8.42 Å². The van der Waals surface area contributed by atoms with Crippen molar-refractivity contribution >= 4 is 9.84 Å². The predicted molar refractivity (Wildman–Crippen MR) is 34.2 cm³/mol. The van der Waals surface area contributed by atoms with Crippen LogP contribution in [-0.4, -0.2) is 20.4 Å². The van der Waals surface area contributed by atoms with Gasteiger partial charge in [0, 0.05) is 6.26 Å². The third-order valence-electron chi connectivity index (χ3n) is 0.587. The topological polar surface area (TPSA) is 34.1 Å². The quantitative estimate of drug-likeness (QED) is 0.552. The van der Waals surface area contributed by atoms with Crippen LogP contribution in [0.3, 0.4) is 0 Å². The van der Waals surface area contributed by atoms with E-state index in [4.69, 9.17) is 0 Å². The van der Waals surface area contributed by atoms with Crippen molar-refractivity contribution in [3.8, 4) is 0 Å². The molecule has 0 aliphatic heterocycles. The zero-order chi connectivity index (χ0) is 6.78. The first-order chi connectivity index (χ1) is 3.42. The van der Waals surface area contributed by atoms with Gasteiger partial charge in [-0.1, -0.05) is 6.92 Å². The lowest BCUT2D eigenvalue weighted by molar-refractivity contribution is 0.594. The number of hydrogen-bond donors (Lipinski definition) is 0. The largest absolute Gasteiger partial charge is 0.229 e. The smallest absolute Gasteiger partial charge is 0.147 e. The Morgan fingerprint density at radius 2 is 2.00 bits per heavy atom. The fraction of sp³-hybridized carbons (Fsp3) is 0.800. The summed E-state index contributed by atoms with van der Waals surface area (Å²) in [6.45, 7) is 5.32. The van der Waals surface area contributed by atoms with Crippen LogP contribution >= 0.6 is 0 Å². The van der Waals surface area contributed by atoms with Crippen molar-refractivity contribution in [1.82, 2.24) is 0 Å². The molecular weight excluding hydrogens is 124 g/mol. The molecule has 1 radical (unpaired) electrons. The second-order valence-corrected chi connectivity index (χ2v) is 4.38. The maximum absolute atomic E-state index is 10.4. The third-order valence-corrected chi connectivity index (χ3v) is 1.76. The molecular formula is C5H11O2S. The fourth-order valence-electron chi connectivity index (χ4n) is 0.517. The summed E-state index contributed by atoms with van der Waals surface area (Å²) in [5, 5.41) is 0. The van der Waals surface area contributed by atoms with E-state index in [0.29, 0.717) is 0 Å². The molecule has 0 bridgehead atoms. The normalized spacial score (nSPS) is 12.5. The maximum Gasteiger partial charge on any atom is 0.147 e. The van der Waals surface area contributed by atoms with Gasteiger partial charge < -0.3 is 0 Å². The minimum Gasteiger partial charge on any atom is -0.229 e. The summed E-state index contributed by atoms with van der Waals surface area (Å²) >= 11 is 0. The lowest BCUT2D eigenvalue weighted by atomic mass is 10.3. The summed E-state index contributed by atoms with van der Waals surface area (Å²) < 4.78 is 20.8. The Hall–Kier alpha value is -0.0500. The van der Waals surface area contributed by atoms with E-state index in [9.17, 15) is 8.42 Å². The van der Waals surface area contributed by atoms with E-state index in [1.807, 2.05) is 0 Å². The van der Waals surface area contributed by atoms with Gasteiger partial charge in [0.25, 0.3) is 0 Å². The molecule has 0 aromatic heterocycles. The van der Waals surface area contributed by atoms with Crippen LogP contribution in [0.5, 0.6) is 0 Å². The number of hydrogen-bond acceptors (Lipinski definition) is 2. The first-order valence-corrected chi connectivity index (χ1v) is 4.48. The number of rotatable bonds is 2. The standard InChI is InChI=1S/C5H11O2S/c1-5(2)4-8(3,6)7/h5H,1,4H2,2-3H3/t5-/m0/s1. The average Bonchev–Trinajstić information content (AvgIpc) is 1.21. The molecule has 0 aromatic carbocycles. The van der Waals surface area contributed by atoms with Gasteiger partial charge in [0.05, 0.1) is 5.75 Å². The minimum absolute atomic E-state index is 0.00463. The Balaban J connectivity index is 3.75. The summed E-state index contributed by atoms with van der Waals surface area (Å²) in [6, 6.07) is 0. The van der Waals surface area contributed by atoms with E-state index in [2.05, 4.69) is 6.92 Å². The van der Waals surface area contributed by atoms with Crippen molar-refractivity contribution in [2.24, 2.45) is 5.92 Å². The molecule has 0 aromatic rings. The van der Waals surface area contributed by atoms with Crippen molar-refractivity contribution < 1.29 is 8.42 Å². The molecule has 3 heteroatoms. The zero-order valence-corrected chi connectivity index (χ0v) is 6.03. The summed E-state index contributed by atoms with van der Waals surface area (Å²) in [6.07, 6.45) is 1.22. The first-order valence-electron chi connectivity index (χ1n) is 2.42. The van der Waals surface area contributed by atoms with Crippen LogP contribution in [0.25, 0.3) is 0 Å². The molecule has 2 nitrogen and oxygen atoms in total. The van der Waals surface area contributed by atoms with Crippen LogP contribution in [0.2, 0.25) is 0 Å². The highest BCUT2D eigenvalue weighted by atomic mass is 32.2. The van der Waals surface area contributed by atoms with E-state index < -0.39 is 9.84 Å². The fourth-order valence-corrected chi connectivity index (χ4v) is 1.55. The van der Waals surface area contributed by atoms with Crippen LogP contribution in [0.1, 0.15) is 6.92 Å². The van der Waals surface area contributed by atoms with E-state index >= 15 is 0 Å². The minimum atomic E-state index is -2.79. The molecule has 0 saturated heterocycles. The first kappa shape index (κ1) is 7.95. The molecule has 0 heterocycles. The van der Waals surface area contributed by atoms with Crippen LogP contribution in [0.15, 0.2) is 0 Å². The van der Waals surface area contributed by atoms with Gasteiger partial charge in [0.15, 0.2) is 0 Å². The highest BCUT2D eigenvalue weighted by Gasteiger charge is 2.03. The van der Waals surface area contributed by atoms with Gasteiger partial charge in [0.2, 0.25) is 0 Å². The molecule has 49 valence electrons. The van der Waals surface area contributed by atoms with Gasteiger partial charge in [-0.15, -0.1) is 0 Å². The van der Waals surface area contributed by atoms with Crippen molar-refractivity contribution in [3.05, 3.63) is 6.92 Å². The van der Waals surface area contributed by atoms with Crippen molar-refractivity contribution in [2.45, 2.75) is 6.92 Å². The third kappa shape index (κ3) is 5.95. The highest BCUT2D eigenvalue weighted by Crippen LogP contribution is 1.94. The Bertz CT molecular complexity index is 144. The van der Waals surface area contributed by atoms with Gasteiger partial charge in [-0.3, -0.25) is 0 Å². The Labute approximate surface area is 50.8 Å². The van der Waals surface area contributed by atoms with Crippen LogP contribution in [0.4, 0.5) is 0 Å². The molecule has 0 fully saturated rings. The van der Waals surface area contributed by atoms with Crippen LogP contribution in [-0.2, 0) is 9.84 Å². The number of sulfone groups is 1. The molecule has 1 atom stereocenters. The van der Waals surface area contributed by atoms with Gasteiger partial charge in [-0.2, -0.15) is 0 Å². The Morgan fingerprint density at radius 1 is 1.62 bits per heavy atom. The molecule has 0 N–H and O–H groups in total. The maximum atomic E-state index is 10.4. The molecule has 0 unspecified atom stereocenters. The lowest BCUT2D eigenvalue weighted by Crippen LogP contribution is -2.08. The van der Waals surface area contributed by atoms with Crippen LogP contribution in [0, 0.1) is 12.8 Å². The monoisotopic (exact) mass is 135 g/mol. The molecule has 0 spiro atoms. The second-order valence-electron chi connectivity index (χ2n) is 2.20. The molecule has 0 aliphatic carbocycles. The summed E-state index contributed by atoms with van der Waals surface area (Å²) in [5.41, 5.74) is 0. The van der Waals surface area contributed by atoms with Crippen molar-refractivity contribution in [3.63, 3.8) is 0 Å². The predicted octanol–water partition coefficient (Wildman–Crippen LogP) is 0.501. The molecule has 0 aliphatic rings. The van der Waals surface area contributed by atoms with Gasteiger partial charge in [0.1, 0.15) is 9.84 Å². The highest BCUT2D eigenvalue weighted by molar-refractivity contribution is 7.90. The second kappa shape index (κ2) is 2.49. The molecule has 0 rings (SSSR count). The summed E-state index contributed by atoms with van der Waals surface area (Å²) in [4.78, 5) is 0. The van der Waals surface area contributed by atoms with Gasteiger partial charge in [-0.05, 0) is 12.8 Å². The van der Waals surface area contributed by atoms with E-state index in [1.54, 1.807) is 6.92 Å². The average molecular weight is 135 g/mol. The van der Waals surface area contributed by atoms with E-state index in [1.165, 1.54) is 6.26 Å². The van der Waals surface area contributed by atoms with E-state index in [0.717, 1.165) is 0 Å². The van der Waals surface area contributed by atoms with E-state index in [-0.39, 0.29) is 11.7 Å². The van der Waals surface area contributed by atoms with Crippen molar-refractivity contribution in [1.29, 1.82) is 0 Å². The summed E-state index contributed by atoms with van der Waals surface area (Å²) in [5.74, 6) is 0.192. The SMILES string of the molecule is [CH2][C@@H](C)CS(C)(=O)=O. The molecule has 0 saturated carbocycles. The van der Waals surface area contributed by atoms with Crippen molar-refractivity contribution in [2.75, 3.05) is 12.0 Å². The van der Waals surface area contributed by atoms with Gasteiger partial charge >= 0.3 is 0 Å². The molecule has 8 heavy (non-hydrogen) atoms. The molecule has 0 amide bonds. The summed E-state index contributed by atoms with van der Waals surface area (Å²) in [7, 11) is -2.79. The lowest BCUT2D eigenvalue weighted by Gasteiger charge is -1.98. The van der Waals surface area contributed by atoms with Crippen LogP contribution < -0.4 is 0 Å². The Kier molecular flexibility index (Phi) is 2.47. The Morgan fingerprint density at radius 3 is 2.00 bits per heavy atom.